The van der Waals surface area contributed by atoms with Crippen molar-refractivity contribution in [1.29, 1.82) is 0 Å². The van der Waals surface area contributed by atoms with Crippen molar-refractivity contribution in [2.24, 2.45) is 7.05 Å². The zero-order valence-electron chi connectivity index (χ0n) is 21.9. The van der Waals surface area contributed by atoms with Gasteiger partial charge >= 0.3 is 0 Å². The number of benzene rings is 1. The predicted octanol–water partition coefficient (Wildman–Crippen LogP) is 5.23. The highest BCUT2D eigenvalue weighted by Crippen LogP contribution is 2.40. The molecule has 0 unspecified atom stereocenters. The molecule has 0 fully saturated rings. The number of fused-ring (bicyclic) bond motifs is 3. The van der Waals surface area contributed by atoms with Crippen molar-refractivity contribution in [3.8, 4) is 22.5 Å². The van der Waals surface area contributed by atoms with Gasteiger partial charge in [0.05, 0.1) is 17.1 Å². The summed E-state index contributed by atoms with van der Waals surface area (Å²) in [4.78, 5) is 11.8. The molecule has 37 heavy (non-hydrogen) atoms. The maximum absolute atomic E-state index is 4.96. The Morgan fingerprint density at radius 2 is 1.78 bits per heavy atom. The summed E-state index contributed by atoms with van der Waals surface area (Å²) in [6.07, 6.45) is 11.3. The molecular weight excluding hydrogens is 460 g/mol. The van der Waals surface area contributed by atoms with Crippen LogP contribution in [0.25, 0.3) is 28.1 Å². The number of allylic oxidation sites excluding steroid dienone is 2. The normalized spacial score (nSPS) is 15.0. The van der Waals surface area contributed by atoms with Crippen molar-refractivity contribution >= 4 is 17.3 Å². The Morgan fingerprint density at radius 1 is 0.973 bits per heavy atom. The SMILES string of the molecule is CCn1ccc(Nc2ncc3c(n2)-c2c(nn(C)c2-c2ccc(C4=CN(C)CCC(C)=C4)cc2)CC3)n1. The summed E-state index contributed by atoms with van der Waals surface area (Å²) >= 11 is 0. The largest absolute Gasteiger partial charge is 0.380 e. The van der Waals surface area contributed by atoms with E-state index in [0.717, 1.165) is 71.9 Å². The van der Waals surface area contributed by atoms with Crippen LogP contribution in [-0.4, -0.2) is 48.0 Å². The zero-order chi connectivity index (χ0) is 25.5. The van der Waals surface area contributed by atoms with E-state index >= 15 is 0 Å². The van der Waals surface area contributed by atoms with Crippen LogP contribution >= 0.6 is 0 Å². The van der Waals surface area contributed by atoms with Crippen LogP contribution in [0.4, 0.5) is 11.8 Å². The molecule has 188 valence electrons. The van der Waals surface area contributed by atoms with Crippen molar-refractivity contribution in [3.63, 3.8) is 0 Å². The van der Waals surface area contributed by atoms with Crippen molar-refractivity contribution < 1.29 is 0 Å². The number of anilines is 2. The minimum absolute atomic E-state index is 0.546. The standard InChI is InChI=1S/C29H32N8/c1-5-37-15-13-25(34-37)31-29-30-17-22-10-11-24-26(27(22)32-29)28(36(4)33-24)21-8-6-20(7-9-21)23-16-19(2)12-14-35(3)18-23/h6-9,13,15-18H,5,10-12,14H2,1-4H3,(H,30,31,32,34). The molecule has 0 saturated carbocycles. The molecule has 8 nitrogen and oxygen atoms in total. The quantitative estimate of drug-likeness (QED) is 0.411. The summed E-state index contributed by atoms with van der Waals surface area (Å²) in [6, 6.07) is 10.8. The van der Waals surface area contributed by atoms with Crippen LogP contribution in [-0.2, 0) is 26.4 Å². The molecule has 6 rings (SSSR count). The number of aryl methyl sites for hydroxylation is 4. The maximum Gasteiger partial charge on any atom is 0.228 e. The first-order chi connectivity index (χ1) is 18.0. The fourth-order valence-corrected chi connectivity index (χ4v) is 5.18. The van der Waals surface area contributed by atoms with Crippen molar-refractivity contribution in [1.82, 2.24) is 34.4 Å². The zero-order valence-corrected chi connectivity index (χ0v) is 21.9. The Labute approximate surface area is 217 Å². The maximum atomic E-state index is 4.96. The van der Waals surface area contributed by atoms with E-state index in [2.05, 4.69) is 77.7 Å². The smallest absolute Gasteiger partial charge is 0.228 e. The first-order valence-corrected chi connectivity index (χ1v) is 12.9. The number of hydrogen-bond acceptors (Lipinski definition) is 6. The molecule has 0 bridgehead atoms. The summed E-state index contributed by atoms with van der Waals surface area (Å²) in [6.45, 7) is 6.14. The van der Waals surface area contributed by atoms with Crippen LogP contribution < -0.4 is 5.32 Å². The molecule has 1 aromatic carbocycles. The van der Waals surface area contributed by atoms with Gasteiger partial charge in [-0.05, 0) is 49.8 Å². The van der Waals surface area contributed by atoms with E-state index in [4.69, 9.17) is 10.1 Å². The van der Waals surface area contributed by atoms with Gasteiger partial charge in [-0.1, -0.05) is 35.9 Å². The van der Waals surface area contributed by atoms with Gasteiger partial charge in [-0.15, -0.1) is 0 Å². The molecule has 4 heterocycles. The molecule has 0 amide bonds. The van der Waals surface area contributed by atoms with Gasteiger partial charge in [0.2, 0.25) is 5.95 Å². The highest BCUT2D eigenvalue weighted by atomic mass is 15.3. The minimum Gasteiger partial charge on any atom is -0.380 e. The Hall–Kier alpha value is -4.20. The fraction of sp³-hybridized carbons (Fsp3) is 0.310. The Kier molecular flexibility index (Phi) is 5.87. The topological polar surface area (TPSA) is 76.7 Å². The van der Waals surface area contributed by atoms with Crippen molar-refractivity contribution in [2.75, 3.05) is 18.9 Å². The first-order valence-electron chi connectivity index (χ1n) is 12.9. The van der Waals surface area contributed by atoms with Crippen LogP contribution in [0.3, 0.4) is 0 Å². The van der Waals surface area contributed by atoms with Crippen LogP contribution in [0.1, 0.15) is 37.1 Å². The van der Waals surface area contributed by atoms with Crippen LogP contribution in [0.5, 0.6) is 0 Å². The fourth-order valence-electron chi connectivity index (χ4n) is 5.18. The third kappa shape index (κ3) is 4.43. The molecule has 0 atom stereocenters. The van der Waals surface area contributed by atoms with Crippen molar-refractivity contribution in [3.05, 3.63) is 77.4 Å². The molecule has 4 aromatic rings. The lowest BCUT2D eigenvalue weighted by molar-refractivity contribution is 0.464. The number of rotatable bonds is 5. The molecule has 0 radical (unpaired) electrons. The van der Waals surface area contributed by atoms with Gasteiger partial charge in [0.25, 0.3) is 0 Å². The molecule has 1 aliphatic carbocycles. The molecule has 2 aliphatic rings. The van der Waals surface area contributed by atoms with Gasteiger partial charge in [-0.2, -0.15) is 10.2 Å². The Bertz CT molecular complexity index is 1520. The summed E-state index contributed by atoms with van der Waals surface area (Å²) in [5.74, 6) is 1.28. The summed E-state index contributed by atoms with van der Waals surface area (Å²) in [5, 5.41) is 12.7. The molecule has 1 N–H and O–H groups in total. The van der Waals surface area contributed by atoms with Gasteiger partial charge in [0, 0.05) is 63.0 Å². The second kappa shape index (κ2) is 9.35. The molecular formula is C29H32N8. The lowest BCUT2D eigenvalue weighted by Crippen LogP contribution is -2.11. The van der Waals surface area contributed by atoms with Gasteiger partial charge in [0.15, 0.2) is 5.82 Å². The average Bonchev–Trinajstić information content (AvgIpc) is 3.45. The van der Waals surface area contributed by atoms with Gasteiger partial charge in [-0.25, -0.2) is 9.97 Å². The monoisotopic (exact) mass is 492 g/mol. The molecule has 8 heteroatoms. The van der Waals surface area contributed by atoms with E-state index in [1.165, 1.54) is 16.7 Å². The highest BCUT2D eigenvalue weighted by molar-refractivity contribution is 5.85. The van der Waals surface area contributed by atoms with E-state index in [0.29, 0.717) is 5.95 Å². The third-order valence-electron chi connectivity index (χ3n) is 7.17. The predicted molar refractivity (Wildman–Crippen MR) is 147 cm³/mol. The van der Waals surface area contributed by atoms with Gasteiger partial charge in [0.1, 0.15) is 0 Å². The van der Waals surface area contributed by atoms with Crippen LogP contribution in [0.15, 0.2) is 60.6 Å². The van der Waals surface area contributed by atoms with Gasteiger partial charge in [-0.3, -0.25) is 9.36 Å². The Balaban J connectivity index is 1.37. The summed E-state index contributed by atoms with van der Waals surface area (Å²) < 4.78 is 3.87. The number of hydrogen-bond donors (Lipinski definition) is 1. The van der Waals surface area contributed by atoms with E-state index in [-0.39, 0.29) is 0 Å². The summed E-state index contributed by atoms with van der Waals surface area (Å²) in [5.41, 5.74) is 10.4. The highest BCUT2D eigenvalue weighted by Gasteiger charge is 2.27. The third-order valence-corrected chi connectivity index (χ3v) is 7.17. The molecule has 1 aliphatic heterocycles. The van der Waals surface area contributed by atoms with E-state index in [1.54, 1.807) is 0 Å². The minimum atomic E-state index is 0.546. The Morgan fingerprint density at radius 3 is 2.57 bits per heavy atom. The molecule has 0 saturated heterocycles. The van der Waals surface area contributed by atoms with E-state index < -0.39 is 0 Å². The van der Waals surface area contributed by atoms with E-state index in [9.17, 15) is 0 Å². The molecule has 0 spiro atoms. The van der Waals surface area contributed by atoms with Crippen molar-refractivity contribution in [2.45, 2.75) is 39.7 Å². The lowest BCUT2D eigenvalue weighted by Gasteiger charge is -2.17. The average molecular weight is 493 g/mol. The van der Waals surface area contributed by atoms with Crippen LogP contribution in [0, 0.1) is 0 Å². The second-order valence-corrected chi connectivity index (χ2v) is 9.93. The number of aromatic nitrogens is 6. The van der Waals surface area contributed by atoms with Gasteiger partial charge < -0.3 is 10.2 Å². The second-order valence-electron chi connectivity index (χ2n) is 9.93. The number of nitrogens with zero attached hydrogens (tertiary/aromatic N) is 7. The van der Waals surface area contributed by atoms with Crippen LogP contribution in [0.2, 0.25) is 0 Å². The summed E-state index contributed by atoms with van der Waals surface area (Å²) in [7, 11) is 4.16. The molecule has 3 aromatic heterocycles. The number of nitrogens with one attached hydrogen (secondary N) is 1. The lowest BCUT2D eigenvalue weighted by atomic mass is 9.91. The first kappa shape index (κ1) is 23.2. The van der Waals surface area contributed by atoms with E-state index in [1.807, 2.05) is 34.9 Å².